The molecule has 0 spiro atoms. The Hall–Kier alpha value is -2.75. The summed E-state index contributed by atoms with van der Waals surface area (Å²) in [5.41, 5.74) is 0.528. The number of aromatic nitrogens is 1. The van der Waals surface area contributed by atoms with Crippen LogP contribution in [0, 0.1) is 10.1 Å². The van der Waals surface area contributed by atoms with Crippen LogP contribution in [0.25, 0.3) is 10.2 Å². The van der Waals surface area contributed by atoms with Gasteiger partial charge in [-0.05, 0) is 38.2 Å². The van der Waals surface area contributed by atoms with E-state index in [2.05, 4.69) is 18.7 Å². The van der Waals surface area contributed by atoms with Gasteiger partial charge in [-0.15, -0.1) is 12.4 Å². The molecule has 32 heavy (non-hydrogen) atoms. The van der Waals surface area contributed by atoms with Crippen LogP contribution in [0.3, 0.4) is 0 Å². The minimum absolute atomic E-state index is 0. The van der Waals surface area contributed by atoms with Gasteiger partial charge in [-0.25, -0.2) is 4.98 Å². The number of carbonyl (C=O) groups excluding carboxylic acids is 1. The molecule has 0 atom stereocenters. The van der Waals surface area contributed by atoms with E-state index in [4.69, 9.17) is 9.72 Å². The maximum atomic E-state index is 13.5. The smallest absolute Gasteiger partial charge is 0.282 e. The van der Waals surface area contributed by atoms with Gasteiger partial charge in [-0.3, -0.25) is 19.8 Å². The number of thiazole rings is 1. The molecule has 10 heteroatoms. The average Bonchev–Trinajstić information content (AvgIpc) is 3.21. The number of hydrogen-bond acceptors (Lipinski definition) is 7. The van der Waals surface area contributed by atoms with Gasteiger partial charge in [0.1, 0.15) is 16.8 Å². The van der Waals surface area contributed by atoms with Crippen LogP contribution >= 0.6 is 23.7 Å². The molecule has 0 aliphatic carbocycles. The minimum Gasteiger partial charge on any atom is -0.492 e. The van der Waals surface area contributed by atoms with Crippen molar-refractivity contribution in [3.05, 3.63) is 58.1 Å². The average molecular weight is 479 g/mol. The predicted molar refractivity (Wildman–Crippen MR) is 131 cm³/mol. The number of halogens is 1. The molecule has 0 unspecified atom stereocenters. The molecule has 3 aromatic rings. The van der Waals surface area contributed by atoms with Crippen LogP contribution in [-0.2, 0) is 0 Å². The third-order valence-corrected chi connectivity index (χ3v) is 6.06. The lowest BCUT2D eigenvalue weighted by Crippen LogP contribution is -2.39. The SMILES string of the molecule is CCOc1cccc2sc(N(CCN(CC)CC)C(=O)c3ccccc3[N+](=O)[O-])nc12.Cl. The molecule has 0 saturated carbocycles. The lowest BCUT2D eigenvalue weighted by atomic mass is 10.1. The molecule has 8 nitrogen and oxygen atoms in total. The number of amides is 1. The van der Waals surface area contributed by atoms with Gasteiger partial charge < -0.3 is 9.64 Å². The highest BCUT2D eigenvalue weighted by Gasteiger charge is 2.28. The van der Waals surface area contributed by atoms with Crippen molar-refractivity contribution >= 4 is 50.7 Å². The second-order valence-corrected chi connectivity index (χ2v) is 7.80. The minimum atomic E-state index is -0.526. The number of nitro benzene ring substituents is 1. The van der Waals surface area contributed by atoms with Crippen molar-refractivity contribution in [2.75, 3.05) is 37.7 Å². The van der Waals surface area contributed by atoms with E-state index < -0.39 is 10.8 Å². The number of carbonyl (C=O) groups is 1. The zero-order chi connectivity index (χ0) is 22.4. The van der Waals surface area contributed by atoms with Crippen LogP contribution in [0.15, 0.2) is 42.5 Å². The number of rotatable bonds is 10. The Balaban J connectivity index is 0.00000363. The highest BCUT2D eigenvalue weighted by Crippen LogP contribution is 2.35. The molecule has 0 fully saturated rings. The molecular weight excluding hydrogens is 452 g/mol. The molecule has 1 aromatic heterocycles. The van der Waals surface area contributed by atoms with Crippen molar-refractivity contribution in [2.45, 2.75) is 20.8 Å². The summed E-state index contributed by atoms with van der Waals surface area (Å²) in [7, 11) is 0. The van der Waals surface area contributed by atoms with E-state index in [1.165, 1.54) is 23.5 Å². The van der Waals surface area contributed by atoms with Gasteiger partial charge in [-0.1, -0.05) is 43.4 Å². The van der Waals surface area contributed by atoms with E-state index in [9.17, 15) is 14.9 Å². The van der Waals surface area contributed by atoms with E-state index in [-0.39, 0.29) is 23.7 Å². The van der Waals surface area contributed by atoms with Gasteiger partial charge in [0.05, 0.1) is 16.2 Å². The lowest BCUT2D eigenvalue weighted by molar-refractivity contribution is -0.385. The Bertz CT molecular complexity index is 1070. The first kappa shape index (κ1) is 25.5. The second kappa shape index (κ2) is 11.8. The van der Waals surface area contributed by atoms with Crippen LogP contribution < -0.4 is 9.64 Å². The number of nitro groups is 1. The van der Waals surface area contributed by atoms with Crippen molar-refractivity contribution in [3.8, 4) is 5.75 Å². The van der Waals surface area contributed by atoms with Crippen LogP contribution in [0.2, 0.25) is 0 Å². The van der Waals surface area contributed by atoms with Gasteiger partial charge in [0, 0.05) is 19.2 Å². The summed E-state index contributed by atoms with van der Waals surface area (Å²) >= 11 is 1.38. The summed E-state index contributed by atoms with van der Waals surface area (Å²) < 4.78 is 6.58. The number of fused-ring (bicyclic) bond motifs is 1. The van der Waals surface area contributed by atoms with Gasteiger partial charge in [-0.2, -0.15) is 0 Å². The molecule has 0 bridgehead atoms. The van der Waals surface area contributed by atoms with Crippen molar-refractivity contribution in [1.29, 1.82) is 0 Å². The van der Waals surface area contributed by atoms with Crippen molar-refractivity contribution in [1.82, 2.24) is 9.88 Å². The summed E-state index contributed by atoms with van der Waals surface area (Å²) in [4.78, 5) is 32.9. The highest BCUT2D eigenvalue weighted by atomic mass is 35.5. The number of hydrogen-bond donors (Lipinski definition) is 0. The predicted octanol–water partition coefficient (Wildman–Crippen LogP) is 5.01. The third-order valence-electron chi connectivity index (χ3n) is 5.01. The Labute approximate surface area is 197 Å². The van der Waals surface area contributed by atoms with Crippen molar-refractivity contribution < 1.29 is 14.5 Å². The summed E-state index contributed by atoms with van der Waals surface area (Å²) in [6, 6.07) is 11.7. The van der Waals surface area contributed by atoms with E-state index in [0.29, 0.717) is 36.1 Å². The Morgan fingerprint density at radius 2 is 1.81 bits per heavy atom. The molecule has 0 aliphatic rings. The first-order chi connectivity index (χ1) is 15.0. The van der Waals surface area contributed by atoms with Crippen LogP contribution in [0.5, 0.6) is 5.75 Å². The largest absolute Gasteiger partial charge is 0.492 e. The molecule has 2 aromatic carbocycles. The van der Waals surface area contributed by atoms with E-state index >= 15 is 0 Å². The zero-order valence-electron chi connectivity index (χ0n) is 18.3. The van der Waals surface area contributed by atoms with E-state index in [1.54, 1.807) is 17.0 Å². The fraction of sp³-hybridized carbons (Fsp3) is 0.364. The number of nitrogens with zero attached hydrogens (tertiary/aromatic N) is 4. The van der Waals surface area contributed by atoms with Crippen LogP contribution in [-0.4, -0.2) is 53.5 Å². The third kappa shape index (κ3) is 5.53. The summed E-state index contributed by atoms with van der Waals surface area (Å²) in [6.45, 7) is 9.22. The zero-order valence-corrected chi connectivity index (χ0v) is 19.9. The number of anilines is 1. The first-order valence-electron chi connectivity index (χ1n) is 10.3. The van der Waals surface area contributed by atoms with Gasteiger partial charge >= 0.3 is 0 Å². The second-order valence-electron chi connectivity index (χ2n) is 6.79. The number of para-hydroxylation sites is 2. The maximum Gasteiger partial charge on any atom is 0.282 e. The molecular formula is C22H27ClN4O4S. The topological polar surface area (TPSA) is 88.8 Å². The Morgan fingerprint density at radius 1 is 1.09 bits per heavy atom. The van der Waals surface area contributed by atoms with Gasteiger partial charge in [0.25, 0.3) is 11.6 Å². The molecule has 0 saturated heterocycles. The molecule has 3 rings (SSSR count). The van der Waals surface area contributed by atoms with Gasteiger partial charge in [0.2, 0.25) is 0 Å². The standard InChI is InChI=1S/C22H26N4O4S.ClH/c1-4-24(5-2)14-15-25(21(27)16-10-7-8-11-17(16)26(28)29)22-23-20-18(30-6-3)12-9-13-19(20)31-22;/h7-13H,4-6,14-15H2,1-3H3;1H. The Kier molecular flexibility index (Phi) is 9.37. The summed E-state index contributed by atoms with van der Waals surface area (Å²) in [6.07, 6.45) is 0. The highest BCUT2D eigenvalue weighted by molar-refractivity contribution is 7.22. The number of benzene rings is 2. The Morgan fingerprint density at radius 3 is 2.47 bits per heavy atom. The first-order valence-corrected chi connectivity index (χ1v) is 11.1. The maximum absolute atomic E-state index is 13.5. The number of likely N-dealkylation sites (N-methyl/N-ethyl adjacent to an activating group) is 1. The molecule has 0 aliphatic heterocycles. The van der Waals surface area contributed by atoms with Crippen molar-refractivity contribution in [3.63, 3.8) is 0 Å². The van der Waals surface area contributed by atoms with Gasteiger partial charge in [0.15, 0.2) is 5.13 Å². The normalized spacial score (nSPS) is 10.8. The molecule has 0 radical (unpaired) electrons. The lowest BCUT2D eigenvalue weighted by Gasteiger charge is -2.24. The number of ether oxygens (including phenoxy) is 1. The van der Waals surface area contributed by atoms with E-state index in [1.807, 2.05) is 25.1 Å². The molecule has 172 valence electrons. The quantitative estimate of drug-likeness (QED) is 0.300. The van der Waals surface area contributed by atoms with E-state index in [0.717, 1.165) is 17.8 Å². The summed E-state index contributed by atoms with van der Waals surface area (Å²) in [5, 5.41) is 12.0. The van der Waals surface area contributed by atoms with Crippen LogP contribution in [0.1, 0.15) is 31.1 Å². The monoisotopic (exact) mass is 478 g/mol. The molecule has 1 amide bonds. The fourth-order valence-corrected chi connectivity index (χ4v) is 4.33. The van der Waals surface area contributed by atoms with Crippen LogP contribution in [0.4, 0.5) is 10.8 Å². The fourth-order valence-electron chi connectivity index (χ4n) is 3.32. The summed E-state index contributed by atoms with van der Waals surface area (Å²) in [5.74, 6) is 0.223. The molecule has 0 N–H and O–H groups in total. The van der Waals surface area contributed by atoms with Crippen molar-refractivity contribution in [2.24, 2.45) is 0 Å². The molecule has 1 heterocycles.